The fourth-order valence-electron chi connectivity index (χ4n) is 1.41. The van der Waals surface area contributed by atoms with Crippen molar-refractivity contribution in [1.82, 2.24) is 15.5 Å². The van der Waals surface area contributed by atoms with Crippen molar-refractivity contribution in [3.63, 3.8) is 0 Å². The number of aromatic nitrogens is 2. The lowest BCUT2D eigenvalue weighted by atomic mass is 10.2. The molecule has 0 fully saturated rings. The van der Waals surface area contributed by atoms with Gasteiger partial charge in [-0.25, -0.2) is 0 Å². The van der Waals surface area contributed by atoms with E-state index in [0.717, 1.165) is 17.8 Å². The summed E-state index contributed by atoms with van der Waals surface area (Å²) in [5.74, 6) is 0. The molecule has 2 heterocycles. The van der Waals surface area contributed by atoms with Crippen molar-refractivity contribution in [3.8, 4) is 10.6 Å². The molecule has 3 nitrogen and oxygen atoms in total. The first kappa shape index (κ1) is 11.4. The van der Waals surface area contributed by atoms with Crippen LogP contribution < -0.4 is 5.32 Å². The zero-order valence-electron chi connectivity index (χ0n) is 8.66. The monoisotopic (exact) mass is 253 g/mol. The molecule has 2 N–H and O–H groups in total. The summed E-state index contributed by atoms with van der Waals surface area (Å²) in [5.41, 5.74) is 2.21. The summed E-state index contributed by atoms with van der Waals surface area (Å²) in [6.07, 6.45) is 1.83. The molecule has 0 atom stereocenters. The molecule has 0 bridgehead atoms. The smallest absolute Gasteiger partial charge is 0.0794 e. The fourth-order valence-corrected chi connectivity index (χ4v) is 2.26. The lowest BCUT2D eigenvalue weighted by molar-refractivity contribution is 0.756. The SMILES string of the molecule is C=C(Cl)CNCc1cn[nH]c1-c1cccs1. The van der Waals surface area contributed by atoms with Gasteiger partial charge in [-0.15, -0.1) is 11.3 Å². The van der Waals surface area contributed by atoms with Crippen LogP contribution in [0.1, 0.15) is 5.56 Å². The first-order valence-electron chi connectivity index (χ1n) is 4.87. The predicted octanol–water partition coefficient (Wildman–Crippen LogP) is 2.98. The van der Waals surface area contributed by atoms with Gasteiger partial charge < -0.3 is 5.32 Å². The van der Waals surface area contributed by atoms with Crippen molar-refractivity contribution in [2.75, 3.05) is 6.54 Å². The van der Waals surface area contributed by atoms with Crippen molar-refractivity contribution in [2.24, 2.45) is 0 Å². The topological polar surface area (TPSA) is 40.7 Å². The van der Waals surface area contributed by atoms with E-state index in [1.807, 2.05) is 17.6 Å². The Balaban J connectivity index is 2.05. The highest BCUT2D eigenvalue weighted by Gasteiger charge is 2.07. The Kier molecular flexibility index (Phi) is 3.77. The van der Waals surface area contributed by atoms with Crippen LogP contribution in [0.15, 0.2) is 35.3 Å². The average molecular weight is 254 g/mol. The molecule has 5 heteroatoms. The van der Waals surface area contributed by atoms with Gasteiger partial charge in [-0.05, 0) is 11.4 Å². The van der Waals surface area contributed by atoms with Gasteiger partial charge in [0.25, 0.3) is 0 Å². The third-order valence-corrected chi connectivity index (χ3v) is 3.14. The van der Waals surface area contributed by atoms with Gasteiger partial charge in [0.15, 0.2) is 0 Å². The van der Waals surface area contributed by atoms with E-state index < -0.39 is 0 Å². The molecule has 84 valence electrons. The maximum atomic E-state index is 5.68. The number of nitrogens with zero attached hydrogens (tertiary/aromatic N) is 1. The van der Waals surface area contributed by atoms with Crippen molar-refractivity contribution in [2.45, 2.75) is 6.54 Å². The molecular formula is C11H12ClN3S. The highest BCUT2D eigenvalue weighted by Crippen LogP contribution is 2.25. The first-order valence-corrected chi connectivity index (χ1v) is 6.13. The Morgan fingerprint density at radius 3 is 3.19 bits per heavy atom. The number of aromatic amines is 1. The number of thiophene rings is 1. The minimum absolute atomic E-state index is 0.608. The number of hydrogen-bond donors (Lipinski definition) is 2. The van der Waals surface area contributed by atoms with E-state index in [2.05, 4.69) is 28.2 Å². The molecule has 2 rings (SSSR count). The molecule has 2 aromatic rings. The maximum absolute atomic E-state index is 5.68. The second-order valence-electron chi connectivity index (χ2n) is 3.37. The third-order valence-electron chi connectivity index (χ3n) is 2.12. The van der Waals surface area contributed by atoms with E-state index in [4.69, 9.17) is 11.6 Å². The molecule has 0 spiro atoms. The summed E-state index contributed by atoms with van der Waals surface area (Å²) < 4.78 is 0. The molecule has 0 saturated heterocycles. The summed E-state index contributed by atoms with van der Waals surface area (Å²) in [5, 5.41) is 12.9. The van der Waals surface area contributed by atoms with Crippen LogP contribution in [0.2, 0.25) is 0 Å². The van der Waals surface area contributed by atoms with E-state index in [1.165, 1.54) is 4.88 Å². The lowest BCUT2D eigenvalue weighted by Crippen LogP contribution is -2.14. The first-order chi connectivity index (χ1) is 7.77. The number of rotatable bonds is 5. The second kappa shape index (κ2) is 5.30. The van der Waals surface area contributed by atoms with Gasteiger partial charge in [0.2, 0.25) is 0 Å². The van der Waals surface area contributed by atoms with Crippen LogP contribution in [0, 0.1) is 0 Å². The molecule has 2 aromatic heterocycles. The molecular weight excluding hydrogens is 242 g/mol. The van der Waals surface area contributed by atoms with E-state index in [9.17, 15) is 0 Å². The number of halogens is 1. The molecule has 0 radical (unpaired) electrons. The highest BCUT2D eigenvalue weighted by atomic mass is 35.5. The van der Waals surface area contributed by atoms with Gasteiger partial charge in [-0.1, -0.05) is 24.2 Å². The van der Waals surface area contributed by atoms with Crippen LogP contribution in [-0.4, -0.2) is 16.7 Å². The van der Waals surface area contributed by atoms with Gasteiger partial charge in [0.05, 0.1) is 16.8 Å². The average Bonchev–Trinajstić information content (AvgIpc) is 2.84. The van der Waals surface area contributed by atoms with Gasteiger partial charge in [0.1, 0.15) is 0 Å². The maximum Gasteiger partial charge on any atom is 0.0794 e. The largest absolute Gasteiger partial charge is 0.308 e. The van der Waals surface area contributed by atoms with Crippen LogP contribution in [0.25, 0.3) is 10.6 Å². The van der Waals surface area contributed by atoms with Crippen molar-refractivity contribution in [1.29, 1.82) is 0 Å². The number of nitrogens with one attached hydrogen (secondary N) is 2. The van der Waals surface area contributed by atoms with Crippen LogP contribution in [0.4, 0.5) is 0 Å². The second-order valence-corrected chi connectivity index (χ2v) is 4.85. The lowest BCUT2D eigenvalue weighted by Gasteiger charge is -2.03. The quantitative estimate of drug-likeness (QED) is 0.860. The standard InChI is InChI=1S/C11H12ClN3S/c1-8(12)5-13-6-9-7-14-15-11(9)10-3-2-4-16-10/h2-4,7,13H,1,5-6H2,(H,14,15). The van der Waals surface area contributed by atoms with Gasteiger partial charge in [0, 0.05) is 23.7 Å². The Morgan fingerprint density at radius 2 is 2.50 bits per heavy atom. The minimum Gasteiger partial charge on any atom is -0.308 e. The highest BCUT2D eigenvalue weighted by molar-refractivity contribution is 7.13. The molecule has 0 unspecified atom stereocenters. The van der Waals surface area contributed by atoms with Crippen molar-refractivity contribution < 1.29 is 0 Å². The van der Waals surface area contributed by atoms with E-state index in [1.54, 1.807) is 11.3 Å². The molecule has 16 heavy (non-hydrogen) atoms. The summed E-state index contributed by atoms with van der Waals surface area (Å²) >= 11 is 7.37. The van der Waals surface area contributed by atoms with Crippen molar-refractivity contribution in [3.05, 3.63) is 40.9 Å². The minimum atomic E-state index is 0.608. The molecule has 0 aliphatic carbocycles. The Bertz CT molecular complexity index is 461. The van der Waals surface area contributed by atoms with Crippen LogP contribution >= 0.6 is 22.9 Å². The predicted molar refractivity (Wildman–Crippen MR) is 68.6 cm³/mol. The Labute approximate surface area is 103 Å². The van der Waals surface area contributed by atoms with Gasteiger partial charge >= 0.3 is 0 Å². The normalized spacial score (nSPS) is 10.6. The fraction of sp³-hybridized carbons (Fsp3) is 0.182. The van der Waals surface area contributed by atoms with Crippen LogP contribution in [0.3, 0.4) is 0 Å². The van der Waals surface area contributed by atoms with E-state index in [-0.39, 0.29) is 0 Å². The number of hydrogen-bond acceptors (Lipinski definition) is 3. The van der Waals surface area contributed by atoms with Gasteiger partial charge in [-0.2, -0.15) is 5.10 Å². The number of H-pyrrole nitrogens is 1. The molecule has 0 aliphatic rings. The molecule has 0 amide bonds. The molecule has 0 aromatic carbocycles. The molecule has 0 aliphatic heterocycles. The summed E-state index contributed by atoms with van der Waals surface area (Å²) in [6.45, 7) is 4.97. The van der Waals surface area contributed by atoms with Crippen molar-refractivity contribution >= 4 is 22.9 Å². The zero-order chi connectivity index (χ0) is 11.4. The summed E-state index contributed by atoms with van der Waals surface area (Å²) in [4.78, 5) is 1.19. The summed E-state index contributed by atoms with van der Waals surface area (Å²) in [6, 6.07) is 4.10. The Morgan fingerprint density at radius 1 is 1.62 bits per heavy atom. The van der Waals surface area contributed by atoms with E-state index in [0.29, 0.717) is 11.6 Å². The molecule has 0 saturated carbocycles. The van der Waals surface area contributed by atoms with Crippen LogP contribution in [-0.2, 0) is 6.54 Å². The summed E-state index contributed by atoms with van der Waals surface area (Å²) in [7, 11) is 0. The third kappa shape index (κ3) is 2.72. The van der Waals surface area contributed by atoms with Gasteiger partial charge in [-0.3, -0.25) is 5.10 Å². The van der Waals surface area contributed by atoms with E-state index >= 15 is 0 Å². The zero-order valence-corrected chi connectivity index (χ0v) is 10.2. The van der Waals surface area contributed by atoms with Crippen LogP contribution in [0.5, 0.6) is 0 Å². The Hall–Kier alpha value is -1.10.